The average molecular weight is 889 g/mol. The summed E-state index contributed by atoms with van der Waals surface area (Å²) in [6.45, 7) is 32.0. The summed E-state index contributed by atoms with van der Waals surface area (Å²) in [4.78, 5) is 11.7. The average Bonchev–Trinajstić information content (AvgIpc) is 3.80. The highest BCUT2D eigenvalue weighted by atomic mass is 16.5. The number of ether oxygens (including phenoxy) is 1. The molecular formula is C60H104O4. The SMILES string of the molecule is CCC(CCC(C)C1CCC2C3CC=C4CC(C(C)C)CCC4(C)C3CCC12C)C(C)C.COC(=O)CCC(C)C1CCC2C3C(O)CC4CC(C(C)C)CCC4(C)C3CC(O)C12C. The largest absolute Gasteiger partial charge is 0.469 e. The van der Waals surface area contributed by atoms with Gasteiger partial charge in [0.2, 0.25) is 0 Å². The van der Waals surface area contributed by atoms with Crippen molar-refractivity contribution in [3.05, 3.63) is 11.6 Å². The number of hydrogen-bond acceptors (Lipinski definition) is 4. The molecule has 7 fully saturated rings. The Balaban J connectivity index is 0.000000191. The zero-order chi connectivity index (χ0) is 46.7. The molecule has 2 N–H and O–H groups in total. The third-order valence-corrected chi connectivity index (χ3v) is 23.9. The van der Waals surface area contributed by atoms with Gasteiger partial charge in [-0.3, -0.25) is 4.79 Å². The van der Waals surface area contributed by atoms with E-state index in [0.29, 0.717) is 52.8 Å². The molecule has 7 saturated carbocycles. The van der Waals surface area contributed by atoms with Crippen molar-refractivity contribution in [1.82, 2.24) is 0 Å². The lowest BCUT2D eigenvalue weighted by Crippen LogP contribution is -2.62. The maximum absolute atomic E-state index is 11.7. The second-order valence-corrected chi connectivity index (χ2v) is 27.2. The van der Waals surface area contributed by atoms with Gasteiger partial charge in [-0.1, -0.05) is 114 Å². The summed E-state index contributed by atoms with van der Waals surface area (Å²) >= 11 is 0. The normalized spacial score (nSPS) is 46.3. The number of esters is 1. The van der Waals surface area contributed by atoms with E-state index in [-0.39, 0.29) is 29.0 Å². The summed E-state index contributed by atoms with van der Waals surface area (Å²) in [6, 6.07) is 0. The van der Waals surface area contributed by atoms with Crippen LogP contribution >= 0.6 is 0 Å². The minimum atomic E-state index is -0.313. The van der Waals surface area contributed by atoms with Gasteiger partial charge in [-0.25, -0.2) is 0 Å². The van der Waals surface area contributed by atoms with Crippen LogP contribution in [0.15, 0.2) is 11.6 Å². The molecule has 4 heteroatoms. The Morgan fingerprint density at radius 2 is 1.34 bits per heavy atom. The lowest BCUT2D eigenvalue weighted by Gasteiger charge is -2.64. The highest BCUT2D eigenvalue weighted by Gasteiger charge is 2.66. The highest BCUT2D eigenvalue weighted by Crippen LogP contribution is 2.70. The van der Waals surface area contributed by atoms with Crippen LogP contribution in [0.1, 0.15) is 218 Å². The van der Waals surface area contributed by atoms with Gasteiger partial charge in [0, 0.05) is 6.42 Å². The van der Waals surface area contributed by atoms with Gasteiger partial charge in [0.15, 0.2) is 0 Å². The van der Waals surface area contributed by atoms with Gasteiger partial charge in [-0.2, -0.15) is 0 Å². The van der Waals surface area contributed by atoms with Crippen molar-refractivity contribution in [3.8, 4) is 0 Å². The second-order valence-electron chi connectivity index (χ2n) is 27.2. The van der Waals surface area contributed by atoms with E-state index in [0.717, 1.165) is 97.2 Å². The monoisotopic (exact) mass is 889 g/mol. The Kier molecular flexibility index (Phi) is 15.8. The van der Waals surface area contributed by atoms with Crippen LogP contribution in [0.4, 0.5) is 0 Å². The van der Waals surface area contributed by atoms with Crippen LogP contribution in [0.5, 0.6) is 0 Å². The van der Waals surface area contributed by atoms with Crippen molar-refractivity contribution in [2.24, 2.45) is 122 Å². The number of aliphatic hydroxyl groups excluding tert-OH is 2. The summed E-state index contributed by atoms with van der Waals surface area (Å²) in [6.07, 6.45) is 27.5. The van der Waals surface area contributed by atoms with E-state index in [1.165, 1.54) is 97.0 Å². The van der Waals surface area contributed by atoms with E-state index in [2.05, 4.69) is 96.1 Å². The molecule has 8 aliphatic carbocycles. The highest BCUT2D eigenvalue weighted by molar-refractivity contribution is 5.69. The quantitative estimate of drug-likeness (QED) is 0.151. The Hall–Kier alpha value is -0.870. The Morgan fingerprint density at radius 3 is 2.00 bits per heavy atom. The van der Waals surface area contributed by atoms with Crippen LogP contribution < -0.4 is 0 Å². The molecule has 0 aromatic carbocycles. The van der Waals surface area contributed by atoms with Crippen LogP contribution in [0, 0.1) is 122 Å². The number of aliphatic hydroxyl groups is 2. The third kappa shape index (κ3) is 9.07. The van der Waals surface area contributed by atoms with Crippen LogP contribution in [-0.2, 0) is 9.53 Å². The molecule has 8 rings (SSSR count). The molecule has 64 heavy (non-hydrogen) atoms. The molecule has 0 aliphatic heterocycles. The molecule has 0 bridgehead atoms. The van der Waals surface area contributed by atoms with Gasteiger partial charge in [-0.15, -0.1) is 0 Å². The minimum absolute atomic E-state index is 0.139. The van der Waals surface area contributed by atoms with Crippen molar-refractivity contribution >= 4 is 5.97 Å². The summed E-state index contributed by atoms with van der Waals surface area (Å²) in [5, 5.41) is 23.2. The van der Waals surface area contributed by atoms with E-state index in [1.54, 1.807) is 0 Å². The van der Waals surface area contributed by atoms with Crippen LogP contribution in [0.3, 0.4) is 0 Å². The maximum atomic E-state index is 11.7. The minimum Gasteiger partial charge on any atom is -0.469 e. The fraction of sp³-hybridized carbons (Fsp3) is 0.950. The Labute approximate surface area is 395 Å². The number of carbonyl (C=O) groups is 1. The predicted octanol–water partition coefficient (Wildman–Crippen LogP) is 15.4. The van der Waals surface area contributed by atoms with E-state index >= 15 is 0 Å². The van der Waals surface area contributed by atoms with Gasteiger partial charge in [0.1, 0.15) is 0 Å². The van der Waals surface area contributed by atoms with Gasteiger partial charge < -0.3 is 14.9 Å². The van der Waals surface area contributed by atoms with Gasteiger partial charge in [0.05, 0.1) is 19.3 Å². The molecule has 8 aliphatic rings. The van der Waals surface area contributed by atoms with Crippen LogP contribution in [0.2, 0.25) is 0 Å². The summed E-state index contributed by atoms with van der Waals surface area (Å²) in [5.74, 6) is 12.3. The molecular weight excluding hydrogens is 785 g/mol. The molecule has 368 valence electrons. The van der Waals surface area contributed by atoms with Crippen molar-refractivity contribution in [2.45, 2.75) is 231 Å². The van der Waals surface area contributed by atoms with Gasteiger partial charge in [0.25, 0.3) is 0 Å². The van der Waals surface area contributed by atoms with E-state index in [9.17, 15) is 15.0 Å². The molecule has 0 radical (unpaired) electrons. The zero-order valence-corrected chi connectivity index (χ0v) is 44.4. The van der Waals surface area contributed by atoms with Crippen LogP contribution in [0.25, 0.3) is 0 Å². The molecule has 0 heterocycles. The van der Waals surface area contributed by atoms with E-state index in [4.69, 9.17) is 4.74 Å². The van der Waals surface area contributed by atoms with E-state index < -0.39 is 0 Å². The van der Waals surface area contributed by atoms with Crippen molar-refractivity contribution in [1.29, 1.82) is 0 Å². The number of carbonyl (C=O) groups excluding carboxylic acids is 1. The first-order chi connectivity index (χ1) is 30.1. The third-order valence-electron chi connectivity index (χ3n) is 23.9. The number of methoxy groups -OCH3 is 1. The first-order valence-electron chi connectivity index (χ1n) is 28.3. The lowest BCUT2D eigenvalue weighted by molar-refractivity contribution is -0.205. The number of fused-ring (bicyclic) bond motifs is 10. The standard InChI is InChI=1S/C32H56.C28H48O4/c1-9-24(21(2)3)11-10-23(6)28-14-15-29-27-13-12-26-20-25(22(4)5)16-18-31(26,7)30(27)17-19-32(28,29)8;1-16(2)18-11-12-27(4)19(13-18)14-23(29)26-21-9-8-20(17(3)7-10-25(31)32-6)28(21,5)24(30)15-22(26)27/h12,21-25,27-30H,9-11,13-20H2,1-8H3;16-24,26,29-30H,7-15H2,1-6H3. The predicted molar refractivity (Wildman–Crippen MR) is 267 cm³/mol. The fourth-order valence-corrected chi connectivity index (χ4v) is 19.4. The first-order valence-corrected chi connectivity index (χ1v) is 28.3. The molecule has 4 nitrogen and oxygen atoms in total. The lowest BCUT2D eigenvalue weighted by atomic mass is 9.42. The topological polar surface area (TPSA) is 66.8 Å². The first kappa shape index (κ1) is 51.0. The Morgan fingerprint density at radius 1 is 0.703 bits per heavy atom. The second kappa shape index (κ2) is 19.9. The van der Waals surface area contributed by atoms with Gasteiger partial charge >= 0.3 is 5.97 Å². The molecule has 0 amide bonds. The summed E-state index contributed by atoms with van der Waals surface area (Å²) in [5.41, 5.74) is 3.14. The molecule has 20 atom stereocenters. The van der Waals surface area contributed by atoms with Crippen molar-refractivity contribution < 1.29 is 19.7 Å². The molecule has 20 unspecified atom stereocenters. The number of allylic oxidation sites excluding steroid dienone is 2. The Bertz CT molecular complexity index is 1600. The van der Waals surface area contributed by atoms with Crippen molar-refractivity contribution in [3.63, 3.8) is 0 Å². The zero-order valence-electron chi connectivity index (χ0n) is 44.4. The molecule has 0 aromatic heterocycles. The van der Waals surface area contributed by atoms with Crippen LogP contribution in [-0.4, -0.2) is 35.5 Å². The van der Waals surface area contributed by atoms with Gasteiger partial charge in [-0.05, 0) is 231 Å². The summed E-state index contributed by atoms with van der Waals surface area (Å²) < 4.78 is 4.86. The van der Waals surface area contributed by atoms with E-state index in [1.807, 2.05) is 5.57 Å². The molecule has 0 spiro atoms. The maximum Gasteiger partial charge on any atom is 0.305 e. The number of rotatable bonds is 12. The van der Waals surface area contributed by atoms with Crippen molar-refractivity contribution in [2.75, 3.05) is 7.11 Å². The molecule has 0 aromatic rings. The number of hydrogen-bond donors (Lipinski definition) is 2. The summed E-state index contributed by atoms with van der Waals surface area (Å²) in [7, 11) is 1.46. The fourth-order valence-electron chi connectivity index (χ4n) is 19.4. The smallest absolute Gasteiger partial charge is 0.305 e. The molecule has 0 saturated heterocycles.